The summed E-state index contributed by atoms with van der Waals surface area (Å²) in [7, 11) is 0.348. The summed E-state index contributed by atoms with van der Waals surface area (Å²) in [6.45, 7) is 1.20. The largest absolute Gasteiger partial charge is 0.352 e. The first kappa shape index (κ1) is 14.6. The lowest BCUT2D eigenvalue weighted by atomic mass is 10.2. The van der Waals surface area contributed by atoms with Gasteiger partial charge in [-0.3, -0.25) is 0 Å². The van der Waals surface area contributed by atoms with Gasteiger partial charge < -0.3 is 9.88 Å². The maximum Gasteiger partial charge on any atom is 0.242 e. The second-order valence-electron chi connectivity index (χ2n) is 5.29. The Morgan fingerprint density at radius 1 is 1.42 bits per heavy atom. The van der Waals surface area contributed by atoms with Gasteiger partial charge in [0.2, 0.25) is 10.0 Å². The Morgan fingerprint density at radius 2 is 2.16 bits per heavy atom. The monoisotopic (exact) mass is 285 g/mol. The SMILES string of the molecule is CNCc1cc(S(=O)(=O)NCCCC2CC2)cn1C. The van der Waals surface area contributed by atoms with Gasteiger partial charge in [0, 0.05) is 32.0 Å². The number of aryl methyl sites for hydroxylation is 1. The average Bonchev–Trinajstić information content (AvgIpc) is 3.10. The van der Waals surface area contributed by atoms with Crippen molar-refractivity contribution in [3.63, 3.8) is 0 Å². The van der Waals surface area contributed by atoms with E-state index in [1.165, 1.54) is 12.8 Å². The van der Waals surface area contributed by atoms with Gasteiger partial charge in [-0.1, -0.05) is 12.8 Å². The fourth-order valence-corrected chi connectivity index (χ4v) is 3.34. The molecule has 0 bridgehead atoms. The van der Waals surface area contributed by atoms with Gasteiger partial charge in [-0.15, -0.1) is 0 Å². The molecular formula is C13H23N3O2S. The van der Waals surface area contributed by atoms with Crippen molar-refractivity contribution in [3.05, 3.63) is 18.0 Å². The molecule has 0 aromatic carbocycles. The molecule has 0 amide bonds. The molecule has 1 aliphatic rings. The van der Waals surface area contributed by atoms with Crippen LogP contribution in [0, 0.1) is 5.92 Å². The van der Waals surface area contributed by atoms with Crippen molar-refractivity contribution in [2.45, 2.75) is 37.1 Å². The highest BCUT2D eigenvalue weighted by molar-refractivity contribution is 7.89. The molecule has 0 aliphatic heterocycles. The Balaban J connectivity index is 1.91. The molecule has 1 aromatic heterocycles. The minimum absolute atomic E-state index is 0.353. The molecule has 5 nitrogen and oxygen atoms in total. The lowest BCUT2D eigenvalue weighted by Crippen LogP contribution is -2.24. The van der Waals surface area contributed by atoms with Gasteiger partial charge in [0.25, 0.3) is 0 Å². The maximum absolute atomic E-state index is 12.1. The molecule has 0 radical (unpaired) electrons. The van der Waals surface area contributed by atoms with Gasteiger partial charge in [-0.05, 0) is 31.9 Å². The topological polar surface area (TPSA) is 63.1 Å². The molecule has 1 fully saturated rings. The number of rotatable bonds is 8. The van der Waals surface area contributed by atoms with Gasteiger partial charge in [0.05, 0.1) is 4.90 Å². The first-order chi connectivity index (χ1) is 9.03. The maximum atomic E-state index is 12.1. The van der Waals surface area contributed by atoms with Crippen LogP contribution >= 0.6 is 0 Å². The fraction of sp³-hybridized carbons (Fsp3) is 0.692. The highest BCUT2D eigenvalue weighted by Crippen LogP contribution is 2.33. The minimum atomic E-state index is -3.36. The minimum Gasteiger partial charge on any atom is -0.352 e. The van der Waals surface area contributed by atoms with E-state index in [1.54, 1.807) is 12.3 Å². The highest BCUT2D eigenvalue weighted by atomic mass is 32.2. The van der Waals surface area contributed by atoms with Crippen LogP contribution in [0.2, 0.25) is 0 Å². The van der Waals surface area contributed by atoms with Crippen LogP contribution in [-0.4, -0.2) is 26.6 Å². The molecule has 1 heterocycles. The zero-order chi connectivity index (χ0) is 13.9. The molecule has 1 saturated carbocycles. The normalized spacial score (nSPS) is 15.9. The molecule has 19 heavy (non-hydrogen) atoms. The van der Waals surface area contributed by atoms with Crippen molar-refractivity contribution in [2.75, 3.05) is 13.6 Å². The molecule has 2 N–H and O–H groups in total. The smallest absolute Gasteiger partial charge is 0.242 e. The van der Waals surface area contributed by atoms with E-state index >= 15 is 0 Å². The molecule has 0 spiro atoms. The third-order valence-electron chi connectivity index (χ3n) is 3.53. The lowest BCUT2D eigenvalue weighted by Gasteiger charge is -2.04. The highest BCUT2D eigenvalue weighted by Gasteiger charge is 2.21. The molecule has 0 atom stereocenters. The Morgan fingerprint density at radius 3 is 2.79 bits per heavy atom. The van der Waals surface area contributed by atoms with Crippen molar-refractivity contribution >= 4 is 10.0 Å². The summed E-state index contributed by atoms with van der Waals surface area (Å²) in [5.41, 5.74) is 0.959. The molecular weight excluding hydrogens is 262 g/mol. The van der Waals surface area contributed by atoms with Crippen LogP contribution in [0.25, 0.3) is 0 Å². The van der Waals surface area contributed by atoms with Crippen molar-refractivity contribution in [1.29, 1.82) is 0 Å². The van der Waals surface area contributed by atoms with Gasteiger partial charge in [0.1, 0.15) is 0 Å². The predicted molar refractivity (Wildman–Crippen MR) is 75.3 cm³/mol. The summed E-state index contributed by atoms with van der Waals surface area (Å²) in [5.74, 6) is 0.850. The van der Waals surface area contributed by atoms with Gasteiger partial charge in [-0.2, -0.15) is 0 Å². The fourth-order valence-electron chi connectivity index (χ4n) is 2.17. The van der Waals surface area contributed by atoms with E-state index in [2.05, 4.69) is 10.0 Å². The number of nitrogens with one attached hydrogen (secondary N) is 2. The Kier molecular flexibility index (Phi) is 4.65. The van der Waals surface area contributed by atoms with Crippen molar-refractivity contribution in [2.24, 2.45) is 13.0 Å². The van der Waals surface area contributed by atoms with Crippen LogP contribution in [0.4, 0.5) is 0 Å². The van der Waals surface area contributed by atoms with Gasteiger partial charge in [0.15, 0.2) is 0 Å². The molecule has 6 heteroatoms. The number of nitrogens with zero attached hydrogens (tertiary/aromatic N) is 1. The van der Waals surface area contributed by atoms with Crippen molar-refractivity contribution < 1.29 is 8.42 Å². The Labute approximate surface area is 115 Å². The number of aromatic nitrogens is 1. The van der Waals surface area contributed by atoms with E-state index in [1.807, 2.05) is 18.7 Å². The number of sulfonamides is 1. The zero-order valence-electron chi connectivity index (χ0n) is 11.6. The standard InChI is InChI=1S/C13H23N3O2S/c1-14-9-12-8-13(10-16(12)2)19(17,18)15-7-3-4-11-5-6-11/h8,10-11,14-15H,3-7,9H2,1-2H3. The average molecular weight is 285 g/mol. The number of hydrogen-bond acceptors (Lipinski definition) is 3. The first-order valence-corrected chi connectivity index (χ1v) is 8.31. The Hall–Kier alpha value is -0.850. The first-order valence-electron chi connectivity index (χ1n) is 6.82. The molecule has 108 valence electrons. The molecule has 1 aliphatic carbocycles. The van der Waals surface area contributed by atoms with Crippen LogP contribution in [0.5, 0.6) is 0 Å². The van der Waals surface area contributed by atoms with Crippen molar-refractivity contribution in [1.82, 2.24) is 14.6 Å². The zero-order valence-corrected chi connectivity index (χ0v) is 12.5. The van der Waals surface area contributed by atoms with E-state index in [4.69, 9.17) is 0 Å². The van der Waals surface area contributed by atoms with Crippen LogP contribution in [0.15, 0.2) is 17.2 Å². The summed E-state index contributed by atoms with van der Waals surface area (Å²) < 4.78 is 28.8. The predicted octanol–water partition coefficient (Wildman–Crippen LogP) is 1.21. The van der Waals surface area contributed by atoms with Crippen LogP contribution < -0.4 is 10.0 Å². The molecule has 2 rings (SSSR count). The molecule has 0 saturated heterocycles. The second-order valence-corrected chi connectivity index (χ2v) is 7.06. The third kappa shape index (κ3) is 4.06. The summed E-state index contributed by atoms with van der Waals surface area (Å²) in [6.07, 6.45) is 6.37. The van der Waals surface area contributed by atoms with Crippen molar-refractivity contribution in [3.8, 4) is 0 Å². The van der Waals surface area contributed by atoms with Crippen LogP contribution in [0.1, 0.15) is 31.4 Å². The number of hydrogen-bond donors (Lipinski definition) is 2. The van der Waals surface area contributed by atoms with E-state index in [0.29, 0.717) is 18.0 Å². The lowest BCUT2D eigenvalue weighted by molar-refractivity contribution is 0.572. The summed E-state index contributed by atoms with van der Waals surface area (Å²) >= 11 is 0. The van der Waals surface area contributed by atoms with E-state index in [-0.39, 0.29) is 0 Å². The van der Waals surface area contributed by atoms with E-state index in [0.717, 1.165) is 24.5 Å². The quantitative estimate of drug-likeness (QED) is 0.706. The van der Waals surface area contributed by atoms with Gasteiger partial charge >= 0.3 is 0 Å². The van der Waals surface area contributed by atoms with Crippen LogP contribution in [-0.2, 0) is 23.6 Å². The Bertz CT molecular complexity index is 518. The van der Waals surface area contributed by atoms with E-state index < -0.39 is 10.0 Å². The molecule has 1 aromatic rings. The summed E-state index contributed by atoms with van der Waals surface area (Å²) in [4.78, 5) is 0.353. The van der Waals surface area contributed by atoms with Crippen LogP contribution in [0.3, 0.4) is 0 Å². The summed E-state index contributed by atoms with van der Waals surface area (Å²) in [6, 6.07) is 1.72. The third-order valence-corrected chi connectivity index (χ3v) is 4.96. The molecule has 0 unspecified atom stereocenters. The second kappa shape index (κ2) is 6.07. The van der Waals surface area contributed by atoms with Gasteiger partial charge in [-0.25, -0.2) is 13.1 Å². The van der Waals surface area contributed by atoms with E-state index in [9.17, 15) is 8.42 Å². The summed E-state index contributed by atoms with van der Waals surface area (Å²) in [5, 5.41) is 3.03.